The molecule has 1 fully saturated rings. The molecule has 2 unspecified atom stereocenters. The second kappa shape index (κ2) is 7.27. The van der Waals surface area contributed by atoms with Crippen molar-refractivity contribution in [3.05, 3.63) is 12.4 Å². The van der Waals surface area contributed by atoms with E-state index in [4.69, 9.17) is 9.47 Å². The summed E-state index contributed by atoms with van der Waals surface area (Å²) >= 11 is 0. The summed E-state index contributed by atoms with van der Waals surface area (Å²) in [7, 11) is 1.73. The Morgan fingerprint density at radius 3 is 2.95 bits per heavy atom. The molecule has 1 N–H and O–H groups in total. The number of nitrogens with one attached hydrogen (secondary N) is 1. The van der Waals surface area contributed by atoms with Gasteiger partial charge in [0.1, 0.15) is 0 Å². The first kappa shape index (κ1) is 16.3. The molecule has 1 saturated heterocycles. The van der Waals surface area contributed by atoms with Crippen LogP contribution in [0.15, 0.2) is 12.4 Å². The van der Waals surface area contributed by atoms with E-state index < -0.39 is 0 Å². The zero-order valence-electron chi connectivity index (χ0n) is 13.8. The maximum atomic E-state index is 6.04. The number of imidazole rings is 1. The van der Waals surface area contributed by atoms with Crippen LogP contribution in [0.3, 0.4) is 0 Å². The lowest BCUT2D eigenvalue weighted by Crippen LogP contribution is -2.44. The topological polar surface area (TPSA) is 48.3 Å². The van der Waals surface area contributed by atoms with Crippen molar-refractivity contribution in [2.75, 3.05) is 25.6 Å². The van der Waals surface area contributed by atoms with Crippen LogP contribution in [-0.2, 0) is 9.47 Å². The van der Waals surface area contributed by atoms with Gasteiger partial charge in [0.2, 0.25) is 5.95 Å². The molecule has 0 aliphatic carbocycles. The van der Waals surface area contributed by atoms with Gasteiger partial charge in [0.15, 0.2) is 0 Å². The van der Waals surface area contributed by atoms with Crippen molar-refractivity contribution in [1.29, 1.82) is 0 Å². The molecular formula is C16H29N3O2. The maximum Gasteiger partial charge on any atom is 0.203 e. The average Bonchev–Trinajstić information content (AvgIpc) is 2.96. The van der Waals surface area contributed by atoms with Crippen LogP contribution >= 0.6 is 0 Å². The number of ether oxygens (including phenoxy) is 2. The molecule has 0 amide bonds. The average molecular weight is 295 g/mol. The largest absolute Gasteiger partial charge is 0.383 e. The standard InChI is InChI=1S/C16H29N3O2/c1-5-16(6-2)11-14(7-10-21-16)18-15-17-8-9-19(15)13(3)12-20-4/h8-9,13-14H,5-7,10-12H2,1-4H3,(H,17,18). The van der Waals surface area contributed by atoms with E-state index in [9.17, 15) is 0 Å². The number of anilines is 1. The first-order valence-corrected chi connectivity index (χ1v) is 8.06. The predicted molar refractivity (Wildman–Crippen MR) is 84.7 cm³/mol. The summed E-state index contributed by atoms with van der Waals surface area (Å²) < 4.78 is 13.4. The zero-order chi connectivity index (χ0) is 15.3. The Kier molecular flexibility index (Phi) is 5.65. The minimum atomic E-state index is 0.0332. The van der Waals surface area contributed by atoms with Gasteiger partial charge >= 0.3 is 0 Å². The van der Waals surface area contributed by atoms with Crippen LogP contribution in [0.25, 0.3) is 0 Å². The van der Waals surface area contributed by atoms with Crippen LogP contribution in [0.5, 0.6) is 0 Å². The van der Waals surface area contributed by atoms with E-state index in [0.29, 0.717) is 12.6 Å². The highest BCUT2D eigenvalue weighted by Crippen LogP contribution is 2.32. The highest BCUT2D eigenvalue weighted by atomic mass is 16.5. The molecule has 1 aromatic heterocycles. The van der Waals surface area contributed by atoms with Gasteiger partial charge in [-0.05, 0) is 32.6 Å². The highest BCUT2D eigenvalue weighted by Gasteiger charge is 2.34. The third kappa shape index (κ3) is 3.77. The molecule has 2 atom stereocenters. The molecule has 1 aromatic rings. The van der Waals surface area contributed by atoms with Crippen molar-refractivity contribution < 1.29 is 9.47 Å². The number of methoxy groups -OCH3 is 1. The first-order valence-electron chi connectivity index (χ1n) is 8.06. The van der Waals surface area contributed by atoms with E-state index in [1.54, 1.807) is 7.11 Å². The SMILES string of the molecule is CCC1(CC)CC(Nc2nccn2C(C)COC)CCO1. The van der Waals surface area contributed by atoms with Gasteiger partial charge in [-0.3, -0.25) is 0 Å². The maximum absolute atomic E-state index is 6.04. The van der Waals surface area contributed by atoms with Gasteiger partial charge in [-0.2, -0.15) is 0 Å². The summed E-state index contributed by atoms with van der Waals surface area (Å²) in [4.78, 5) is 4.47. The fraction of sp³-hybridized carbons (Fsp3) is 0.812. The molecule has 0 aromatic carbocycles. The summed E-state index contributed by atoms with van der Waals surface area (Å²) in [5.41, 5.74) is 0.0332. The fourth-order valence-electron chi connectivity index (χ4n) is 3.18. The van der Waals surface area contributed by atoms with Gasteiger partial charge in [-0.25, -0.2) is 4.98 Å². The van der Waals surface area contributed by atoms with Crippen molar-refractivity contribution in [1.82, 2.24) is 9.55 Å². The van der Waals surface area contributed by atoms with Gasteiger partial charge in [0.05, 0.1) is 18.2 Å². The molecule has 1 aliphatic rings. The molecule has 120 valence electrons. The number of aromatic nitrogens is 2. The molecule has 0 saturated carbocycles. The van der Waals surface area contributed by atoms with E-state index in [1.807, 2.05) is 12.4 Å². The Hall–Kier alpha value is -1.07. The summed E-state index contributed by atoms with van der Waals surface area (Å²) in [6, 6.07) is 0.705. The van der Waals surface area contributed by atoms with E-state index >= 15 is 0 Å². The third-order valence-electron chi connectivity index (χ3n) is 4.67. The molecule has 21 heavy (non-hydrogen) atoms. The molecule has 1 aliphatic heterocycles. The Morgan fingerprint density at radius 1 is 1.52 bits per heavy atom. The molecule has 0 spiro atoms. The van der Waals surface area contributed by atoms with Gasteiger partial charge in [-0.15, -0.1) is 0 Å². The van der Waals surface area contributed by atoms with Gasteiger partial charge in [-0.1, -0.05) is 13.8 Å². The second-order valence-electron chi connectivity index (χ2n) is 6.04. The lowest BCUT2D eigenvalue weighted by atomic mass is 9.86. The van der Waals surface area contributed by atoms with E-state index in [0.717, 1.165) is 38.2 Å². The minimum absolute atomic E-state index is 0.0332. The van der Waals surface area contributed by atoms with Crippen molar-refractivity contribution >= 4 is 5.95 Å². The van der Waals surface area contributed by atoms with Crippen LogP contribution in [0, 0.1) is 0 Å². The predicted octanol–water partition coefficient (Wildman–Crippen LogP) is 3.24. The van der Waals surface area contributed by atoms with Crippen LogP contribution in [0.2, 0.25) is 0 Å². The van der Waals surface area contributed by atoms with Crippen LogP contribution < -0.4 is 5.32 Å². The summed E-state index contributed by atoms with van der Waals surface area (Å²) in [6.07, 6.45) is 8.07. The minimum Gasteiger partial charge on any atom is -0.383 e. The lowest BCUT2D eigenvalue weighted by Gasteiger charge is -2.40. The van der Waals surface area contributed by atoms with Crippen LogP contribution in [-0.4, -0.2) is 41.5 Å². The van der Waals surface area contributed by atoms with Gasteiger partial charge in [0, 0.05) is 32.2 Å². The van der Waals surface area contributed by atoms with E-state index in [1.165, 1.54) is 0 Å². The summed E-state index contributed by atoms with van der Waals surface area (Å²) in [5, 5.41) is 3.61. The Bertz CT molecular complexity index is 429. The van der Waals surface area contributed by atoms with Crippen molar-refractivity contribution in [2.24, 2.45) is 0 Å². The molecular weight excluding hydrogens is 266 g/mol. The summed E-state index contributed by atoms with van der Waals surface area (Å²) in [5.74, 6) is 0.938. The quantitative estimate of drug-likeness (QED) is 0.839. The molecule has 0 radical (unpaired) electrons. The second-order valence-corrected chi connectivity index (χ2v) is 6.04. The molecule has 0 bridgehead atoms. The summed E-state index contributed by atoms with van der Waals surface area (Å²) in [6.45, 7) is 8.09. The molecule has 5 heteroatoms. The highest BCUT2D eigenvalue weighted by molar-refractivity contribution is 5.29. The first-order chi connectivity index (χ1) is 10.1. The van der Waals surface area contributed by atoms with Crippen molar-refractivity contribution in [3.8, 4) is 0 Å². The van der Waals surface area contributed by atoms with E-state index in [2.05, 4.69) is 35.6 Å². The number of nitrogens with zero attached hydrogens (tertiary/aromatic N) is 2. The Morgan fingerprint density at radius 2 is 2.29 bits per heavy atom. The Labute approximate surface area is 128 Å². The van der Waals surface area contributed by atoms with Crippen molar-refractivity contribution in [3.63, 3.8) is 0 Å². The molecule has 2 rings (SSSR count). The van der Waals surface area contributed by atoms with Crippen molar-refractivity contribution in [2.45, 2.75) is 64.1 Å². The van der Waals surface area contributed by atoms with Gasteiger partial charge < -0.3 is 19.4 Å². The number of rotatable bonds is 7. The monoisotopic (exact) mass is 295 g/mol. The van der Waals surface area contributed by atoms with Gasteiger partial charge in [0.25, 0.3) is 0 Å². The molecule has 2 heterocycles. The third-order valence-corrected chi connectivity index (χ3v) is 4.67. The number of hydrogen-bond acceptors (Lipinski definition) is 4. The fourth-order valence-corrected chi connectivity index (χ4v) is 3.18. The molecule has 5 nitrogen and oxygen atoms in total. The van der Waals surface area contributed by atoms with Crippen LogP contribution in [0.4, 0.5) is 5.95 Å². The zero-order valence-corrected chi connectivity index (χ0v) is 13.8. The smallest absolute Gasteiger partial charge is 0.203 e. The Balaban J connectivity index is 2.03. The normalized spacial score (nSPS) is 23.0. The van der Waals surface area contributed by atoms with Crippen LogP contribution in [0.1, 0.15) is 52.5 Å². The lowest BCUT2D eigenvalue weighted by molar-refractivity contribution is -0.0865. The number of hydrogen-bond donors (Lipinski definition) is 1. The van der Waals surface area contributed by atoms with E-state index in [-0.39, 0.29) is 11.6 Å².